The van der Waals surface area contributed by atoms with Gasteiger partial charge in [0.25, 0.3) is 0 Å². The van der Waals surface area contributed by atoms with E-state index in [9.17, 15) is 9.59 Å². The Labute approximate surface area is 121 Å². The lowest BCUT2D eigenvalue weighted by molar-refractivity contribution is -0.125. The number of carbonyl (C=O) groups is 2. The van der Waals surface area contributed by atoms with Gasteiger partial charge in [0.05, 0.1) is 0 Å². The summed E-state index contributed by atoms with van der Waals surface area (Å²) in [6.45, 7) is 9.53. The molecule has 110 valence electrons. The number of amides is 2. The lowest BCUT2D eigenvalue weighted by Crippen LogP contribution is -2.45. The van der Waals surface area contributed by atoms with Crippen LogP contribution in [0.2, 0.25) is 0 Å². The predicted octanol–water partition coefficient (Wildman–Crippen LogP) is 2.47. The van der Waals surface area contributed by atoms with Crippen LogP contribution in [-0.4, -0.2) is 24.9 Å². The fourth-order valence-corrected chi connectivity index (χ4v) is 1.97. The maximum atomic E-state index is 12.2. The number of rotatable bonds is 3. The van der Waals surface area contributed by atoms with Crippen LogP contribution in [0.3, 0.4) is 0 Å². The lowest BCUT2D eigenvalue weighted by atomic mass is 9.87. The molecular formula is C16H24N2O2. The van der Waals surface area contributed by atoms with Crippen LogP contribution in [0, 0.1) is 0 Å². The maximum Gasteiger partial charge on any atom is 0.249 e. The average Bonchev–Trinajstić information content (AvgIpc) is 2.35. The smallest absolute Gasteiger partial charge is 0.249 e. The molecule has 0 fully saturated rings. The number of anilines is 1. The van der Waals surface area contributed by atoms with Gasteiger partial charge in [-0.3, -0.25) is 9.59 Å². The zero-order valence-corrected chi connectivity index (χ0v) is 13.2. The molecule has 1 N–H and O–H groups in total. The van der Waals surface area contributed by atoms with E-state index in [1.165, 1.54) is 12.5 Å². The highest BCUT2D eigenvalue weighted by Gasteiger charge is 2.20. The summed E-state index contributed by atoms with van der Waals surface area (Å²) in [4.78, 5) is 24.7. The van der Waals surface area contributed by atoms with E-state index < -0.39 is 6.04 Å². The van der Waals surface area contributed by atoms with Crippen LogP contribution in [-0.2, 0) is 15.0 Å². The monoisotopic (exact) mass is 276 g/mol. The van der Waals surface area contributed by atoms with Crippen molar-refractivity contribution in [3.05, 3.63) is 29.8 Å². The van der Waals surface area contributed by atoms with Crippen LogP contribution < -0.4 is 10.2 Å². The molecule has 0 heterocycles. The van der Waals surface area contributed by atoms with Crippen molar-refractivity contribution in [2.75, 3.05) is 11.9 Å². The largest absolute Gasteiger partial charge is 0.345 e. The second-order valence-corrected chi connectivity index (χ2v) is 6.12. The molecule has 1 atom stereocenters. The molecule has 1 unspecified atom stereocenters. The summed E-state index contributed by atoms with van der Waals surface area (Å²) in [5.74, 6) is -0.342. The van der Waals surface area contributed by atoms with Crippen LogP contribution in [0.5, 0.6) is 0 Å². The molecule has 0 bridgehead atoms. The molecule has 1 aromatic carbocycles. The third-order valence-electron chi connectivity index (χ3n) is 3.24. The molecule has 0 aliphatic heterocycles. The van der Waals surface area contributed by atoms with Gasteiger partial charge < -0.3 is 10.2 Å². The Morgan fingerprint density at radius 1 is 1.15 bits per heavy atom. The number of hydrogen-bond acceptors (Lipinski definition) is 2. The summed E-state index contributed by atoms with van der Waals surface area (Å²) in [6.07, 6.45) is 0. The number of hydrogen-bond donors (Lipinski definition) is 1. The first-order valence-corrected chi connectivity index (χ1v) is 6.78. The van der Waals surface area contributed by atoms with Crippen LogP contribution in [0.1, 0.15) is 40.2 Å². The van der Waals surface area contributed by atoms with E-state index in [1.807, 2.05) is 24.3 Å². The standard InChI is InChI=1S/C16H24N2O2/c1-11(17-12(2)19)15(20)18(6)14-9-7-13(8-10-14)16(3,4)5/h7-11H,1-6H3,(H,17,19). The van der Waals surface area contributed by atoms with Crippen LogP contribution in [0.4, 0.5) is 5.69 Å². The SMILES string of the molecule is CC(=O)NC(C)C(=O)N(C)c1ccc(C(C)(C)C)cc1. The molecule has 0 aliphatic rings. The second-order valence-electron chi connectivity index (χ2n) is 6.12. The molecule has 0 aliphatic carbocycles. The molecule has 0 aromatic heterocycles. The molecular weight excluding hydrogens is 252 g/mol. The minimum absolute atomic E-state index is 0.0879. The summed E-state index contributed by atoms with van der Waals surface area (Å²) in [6, 6.07) is 7.39. The number of benzene rings is 1. The highest BCUT2D eigenvalue weighted by molar-refractivity contribution is 5.98. The van der Waals surface area contributed by atoms with Crippen LogP contribution in [0.15, 0.2) is 24.3 Å². The topological polar surface area (TPSA) is 49.4 Å². The van der Waals surface area contributed by atoms with Gasteiger partial charge in [0.1, 0.15) is 6.04 Å². The third-order valence-corrected chi connectivity index (χ3v) is 3.24. The average molecular weight is 276 g/mol. The number of likely N-dealkylation sites (N-methyl/N-ethyl adjacent to an activating group) is 1. The van der Waals surface area contributed by atoms with E-state index in [0.717, 1.165) is 5.69 Å². The lowest BCUT2D eigenvalue weighted by Gasteiger charge is -2.24. The summed E-state index contributed by atoms with van der Waals surface area (Å²) < 4.78 is 0. The number of carbonyl (C=O) groups excluding carboxylic acids is 2. The van der Waals surface area contributed by atoms with E-state index in [0.29, 0.717) is 0 Å². The summed E-state index contributed by atoms with van der Waals surface area (Å²) in [5.41, 5.74) is 2.13. The first kappa shape index (κ1) is 16.2. The van der Waals surface area contributed by atoms with Gasteiger partial charge in [-0.2, -0.15) is 0 Å². The zero-order chi connectivity index (χ0) is 15.5. The molecule has 2 amide bonds. The summed E-state index contributed by atoms with van der Waals surface area (Å²) >= 11 is 0. The van der Waals surface area contributed by atoms with Crippen molar-refractivity contribution in [3.8, 4) is 0 Å². The van der Waals surface area contributed by atoms with Crippen molar-refractivity contribution in [2.24, 2.45) is 0 Å². The normalized spacial score (nSPS) is 12.7. The fraction of sp³-hybridized carbons (Fsp3) is 0.500. The first-order valence-electron chi connectivity index (χ1n) is 6.78. The van der Waals surface area contributed by atoms with Gasteiger partial charge in [0, 0.05) is 19.7 Å². The van der Waals surface area contributed by atoms with E-state index >= 15 is 0 Å². The Kier molecular flexibility index (Phi) is 4.93. The Hall–Kier alpha value is -1.84. The van der Waals surface area contributed by atoms with Gasteiger partial charge in [-0.05, 0) is 30.0 Å². The molecule has 1 rings (SSSR count). The number of nitrogens with one attached hydrogen (secondary N) is 1. The van der Waals surface area contributed by atoms with E-state index in [-0.39, 0.29) is 17.2 Å². The van der Waals surface area contributed by atoms with Gasteiger partial charge in [-0.1, -0.05) is 32.9 Å². The second kappa shape index (κ2) is 6.07. The summed E-state index contributed by atoms with van der Waals surface area (Å²) in [5, 5.41) is 2.60. The van der Waals surface area contributed by atoms with E-state index in [2.05, 4.69) is 26.1 Å². The zero-order valence-electron chi connectivity index (χ0n) is 13.2. The molecule has 0 spiro atoms. The quantitative estimate of drug-likeness (QED) is 0.922. The van der Waals surface area contributed by atoms with E-state index in [1.54, 1.807) is 18.9 Å². The first-order chi connectivity index (χ1) is 9.12. The molecule has 1 aromatic rings. The predicted molar refractivity (Wildman–Crippen MR) is 81.8 cm³/mol. The van der Waals surface area contributed by atoms with Crippen LogP contribution in [0.25, 0.3) is 0 Å². The van der Waals surface area contributed by atoms with Crippen molar-refractivity contribution in [3.63, 3.8) is 0 Å². The highest BCUT2D eigenvalue weighted by atomic mass is 16.2. The Morgan fingerprint density at radius 3 is 2.05 bits per heavy atom. The van der Waals surface area contributed by atoms with Gasteiger partial charge in [-0.25, -0.2) is 0 Å². The van der Waals surface area contributed by atoms with Gasteiger partial charge in [-0.15, -0.1) is 0 Å². The third kappa shape index (κ3) is 4.08. The Balaban J connectivity index is 2.84. The fourth-order valence-electron chi connectivity index (χ4n) is 1.97. The van der Waals surface area contributed by atoms with Crippen LogP contribution >= 0.6 is 0 Å². The maximum absolute atomic E-state index is 12.2. The molecule has 20 heavy (non-hydrogen) atoms. The Bertz CT molecular complexity index is 486. The number of nitrogens with zero attached hydrogens (tertiary/aromatic N) is 1. The van der Waals surface area contributed by atoms with Gasteiger partial charge in [0.2, 0.25) is 11.8 Å². The Morgan fingerprint density at radius 2 is 1.65 bits per heavy atom. The van der Waals surface area contributed by atoms with Crippen molar-refractivity contribution >= 4 is 17.5 Å². The van der Waals surface area contributed by atoms with Crippen molar-refractivity contribution in [1.82, 2.24) is 5.32 Å². The molecule has 0 saturated heterocycles. The minimum atomic E-state index is -0.528. The van der Waals surface area contributed by atoms with Gasteiger partial charge >= 0.3 is 0 Å². The molecule has 0 radical (unpaired) electrons. The molecule has 4 heteroatoms. The minimum Gasteiger partial charge on any atom is -0.345 e. The molecule has 4 nitrogen and oxygen atoms in total. The summed E-state index contributed by atoms with van der Waals surface area (Å²) in [7, 11) is 1.72. The molecule has 0 saturated carbocycles. The van der Waals surface area contributed by atoms with E-state index in [4.69, 9.17) is 0 Å². The van der Waals surface area contributed by atoms with Crippen molar-refractivity contribution < 1.29 is 9.59 Å². The highest BCUT2D eigenvalue weighted by Crippen LogP contribution is 2.24. The van der Waals surface area contributed by atoms with Crippen molar-refractivity contribution in [2.45, 2.75) is 46.1 Å². The van der Waals surface area contributed by atoms with Gasteiger partial charge in [0.15, 0.2) is 0 Å². The van der Waals surface area contributed by atoms with Crippen molar-refractivity contribution in [1.29, 1.82) is 0 Å².